The molecule has 3 heterocycles. The van der Waals surface area contributed by atoms with Crippen molar-refractivity contribution in [2.75, 3.05) is 33.4 Å². The van der Waals surface area contributed by atoms with Crippen LogP contribution in [0.4, 0.5) is 0 Å². The highest BCUT2D eigenvalue weighted by Crippen LogP contribution is 2.42. The van der Waals surface area contributed by atoms with Crippen LogP contribution >= 0.6 is 0 Å². The first kappa shape index (κ1) is 14.0. The van der Waals surface area contributed by atoms with E-state index in [1.807, 2.05) is 12.1 Å². The Morgan fingerprint density at radius 3 is 3.14 bits per heavy atom. The number of esters is 1. The fourth-order valence-corrected chi connectivity index (χ4v) is 3.21. The number of hydrogen-bond donors (Lipinski definition) is 0. The number of hydrogen-bond acceptors (Lipinski definition) is 5. The number of rotatable bonds is 3. The lowest BCUT2D eigenvalue weighted by molar-refractivity contribution is -0.153. The van der Waals surface area contributed by atoms with Crippen LogP contribution in [0.2, 0.25) is 0 Å². The van der Waals surface area contributed by atoms with E-state index in [9.17, 15) is 9.59 Å². The minimum atomic E-state index is -0.681. The van der Waals surface area contributed by atoms with Gasteiger partial charge in [-0.15, -0.1) is 0 Å². The first-order valence-corrected chi connectivity index (χ1v) is 6.98. The molecule has 3 rings (SSSR count). The SMILES string of the molecule is COC(=O)[C@@]12COC[C@@H]1CN(C(=O)Cc1cccnc1)C2. The molecular weight excluding hydrogens is 272 g/mol. The van der Waals surface area contributed by atoms with Gasteiger partial charge in [0.05, 0.1) is 26.7 Å². The number of carbonyl (C=O) groups is 2. The zero-order valence-corrected chi connectivity index (χ0v) is 11.9. The second-order valence-corrected chi connectivity index (χ2v) is 5.67. The van der Waals surface area contributed by atoms with E-state index in [-0.39, 0.29) is 17.8 Å². The second kappa shape index (κ2) is 5.44. The first-order valence-electron chi connectivity index (χ1n) is 6.98. The normalized spacial score (nSPS) is 27.5. The lowest BCUT2D eigenvalue weighted by Gasteiger charge is -2.23. The molecule has 0 unspecified atom stereocenters. The van der Waals surface area contributed by atoms with E-state index in [0.717, 1.165) is 5.56 Å². The van der Waals surface area contributed by atoms with Crippen molar-refractivity contribution in [1.29, 1.82) is 0 Å². The van der Waals surface area contributed by atoms with Crippen LogP contribution in [0.1, 0.15) is 5.56 Å². The lowest BCUT2D eigenvalue weighted by Crippen LogP contribution is -2.41. The summed E-state index contributed by atoms with van der Waals surface area (Å²) in [6.07, 6.45) is 3.67. The number of pyridine rings is 1. The number of ether oxygens (including phenoxy) is 2. The van der Waals surface area contributed by atoms with Gasteiger partial charge in [0, 0.05) is 31.4 Å². The van der Waals surface area contributed by atoms with Crippen molar-refractivity contribution in [2.45, 2.75) is 6.42 Å². The summed E-state index contributed by atoms with van der Waals surface area (Å²) < 4.78 is 10.4. The predicted molar refractivity (Wildman–Crippen MR) is 73.3 cm³/mol. The molecule has 112 valence electrons. The van der Waals surface area contributed by atoms with Gasteiger partial charge in [-0.05, 0) is 11.6 Å². The molecule has 0 aromatic carbocycles. The Kier molecular flexibility index (Phi) is 3.63. The number of fused-ring (bicyclic) bond motifs is 1. The first-order chi connectivity index (χ1) is 10.2. The largest absolute Gasteiger partial charge is 0.468 e. The van der Waals surface area contributed by atoms with Gasteiger partial charge in [0.2, 0.25) is 5.91 Å². The van der Waals surface area contributed by atoms with Gasteiger partial charge in [0.25, 0.3) is 0 Å². The summed E-state index contributed by atoms with van der Waals surface area (Å²) in [6.45, 7) is 1.77. The van der Waals surface area contributed by atoms with Gasteiger partial charge in [-0.25, -0.2) is 0 Å². The molecule has 21 heavy (non-hydrogen) atoms. The van der Waals surface area contributed by atoms with Gasteiger partial charge < -0.3 is 14.4 Å². The Bertz CT molecular complexity index is 548. The molecule has 6 heteroatoms. The molecule has 2 saturated heterocycles. The predicted octanol–water partition coefficient (Wildman–Crippen LogP) is 0.272. The van der Waals surface area contributed by atoms with Crippen molar-refractivity contribution in [2.24, 2.45) is 11.3 Å². The zero-order chi connectivity index (χ0) is 14.9. The number of methoxy groups -OCH3 is 1. The van der Waals surface area contributed by atoms with Crippen LogP contribution in [0.5, 0.6) is 0 Å². The summed E-state index contributed by atoms with van der Waals surface area (Å²) in [6, 6.07) is 3.69. The number of carbonyl (C=O) groups excluding carboxylic acids is 2. The average molecular weight is 290 g/mol. The Balaban J connectivity index is 1.71. The number of nitrogens with zero attached hydrogens (tertiary/aromatic N) is 2. The maximum Gasteiger partial charge on any atom is 0.316 e. The fourth-order valence-electron chi connectivity index (χ4n) is 3.21. The van der Waals surface area contributed by atoms with Crippen molar-refractivity contribution < 1.29 is 19.1 Å². The summed E-state index contributed by atoms with van der Waals surface area (Å²) in [5.41, 5.74) is 0.197. The Hall–Kier alpha value is -1.95. The smallest absolute Gasteiger partial charge is 0.316 e. The standard InChI is InChI=1S/C15H18N2O4/c1-20-14(19)15-9-17(7-12(15)8-21-10-15)13(18)5-11-3-2-4-16-6-11/h2-4,6,12H,5,7-10H2,1H3/t12-,15-/m0/s1. The number of aromatic nitrogens is 1. The molecule has 0 bridgehead atoms. The molecule has 1 amide bonds. The monoisotopic (exact) mass is 290 g/mol. The molecular formula is C15H18N2O4. The molecule has 2 fully saturated rings. The number of likely N-dealkylation sites (tertiary alicyclic amines) is 1. The van der Waals surface area contributed by atoms with Gasteiger partial charge in [-0.3, -0.25) is 14.6 Å². The number of amides is 1. The molecule has 2 aliphatic heterocycles. The highest BCUT2D eigenvalue weighted by molar-refractivity contribution is 5.83. The van der Waals surface area contributed by atoms with Gasteiger partial charge in [0.15, 0.2) is 0 Å². The van der Waals surface area contributed by atoms with E-state index < -0.39 is 5.41 Å². The Morgan fingerprint density at radius 1 is 1.57 bits per heavy atom. The summed E-state index contributed by atoms with van der Waals surface area (Å²) in [5, 5.41) is 0. The van der Waals surface area contributed by atoms with E-state index in [2.05, 4.69) is 4.98 Å². The Morgan fingerprint density at radius 2 is 2.43 bits per heavy atom. The van der Waals surface area contributed by atoms with Crippen LogP contribution in [0.3, 0.4) is 0 Å². The van der Waals surface area contributed by atoms with Gasteiger partial charge in [-0.1, -0.05) is 6.07 Å². The summed E-state index contributed by atoms with van der Waals surface area (Å²) in [7, 11) is 1.38. The van der Waals surface area contributed by atoms with Crippen molar-refractivity contribution in [3.8, 4) is 0 Å². The van der Waals surface area contributed by atoms with Crippen molar-refractivity contribution in [3.05, 3.63) is 30.1 Å². The molecule has 2 aliphatic rings. The fraction of sp³-hybridized carbons (Fsp3) is 0.533. The molecule has 1 aromatic rings. The van der Waals surface area contributed by atoms with Gasteiger partial charge in [-0.2, -0.15) is 0 Å². The quantitative estimate of drug-likeness (QED) is 0.748. The molecule has 6 nitrogen and oxygen atoms in total. The van der Waals surface area contributed by atoms with Crippen molar-refractivity contribution in [3.63, 3.8) is 0 Å². The molecule has 2 atom stereocenters. The third-order valence-corrected chi connectivity index (χ3v) is 4.40. The third-order valence-electron chi connectivity index (χ3n) is 4.40. The molecule has 0 spiro atoms. The molecule has 0 N–H and O–H groups in total. The van der Waals surface area contributed by atoms with Crippen LogP contribution < -0.4 is 0 Å². The zero-order valence-electron chi connectivity index (χ0n) is 11.9. The van der Waals surface area contributed by atoms with Crippen LogP contribution in [0.15, 0.2) is 24.5 Å². The van der Waals surface area contributed by atoms with Crippen LogP contribution in [-0.2, 0) is 25.5 Å². The van der Waals surface area contributed by atoms with E-state index in [0.29, 0.717) is 32.7 Å². The molecule has 0 radical (unpaired) electrons. The van der Waals surface area contributed by atoms with E-state index in [1.165, 1.54) is 7.11 Å². The summed E-state index contributed by atoms with van der Waals surface area (Å²) in [4.78, 5) is 30.3. The minimum Gasteiger partial charge on any atom is -0.468 e. The topological polar surface area (TPSA) is 68.7 Å². The van der Waals surface area contributed by atoms with Crippen LogP contribution in [0, 0.1) is 11.3 Å². The van der Waals surface area contributed by atoms with Crippen molar-refractivity contribution in [1.82, 2.24) is 9.88 Å². The van der Waals surface area contributed by atoms with Crippen LogP contribution in [-0.4, -0.2) is 55.2 Å². The highest BCUT2D eigenvalue weighted by atomic mass is 16.5. The minimum absolute atomic E-state index is 0.0145. The molecule has 0 saturated carbocycles. The molecule has 1 aromatic heterocycles. The van der Waals surface area contributed by atoms with E-state index in [4.69, 9.17) is 9.47 Å². The maximum absolute atomic E-state index is 12.4. The van der Waals surface area contributed by atoms with Gasteiger partial charge in [0.1, 0.15) is 5.41 Å². The van der Waals surface area contributed by atoms with Gasteiger partial charge >= 0.3 is 5.97 Å². The molecule has 0 aliphatic carbocycles. The summed E-state index contributed by atoms with van der Waals surface area (Å²) >= 11 is 0. The van der Waals surface area contributed by atoms with Crippen LogP contribution in [0.25, 0.3) is 0 Å². The van der Waals surface area contributed by atoms with E-state index >= 15 is 0 Å². The highest BCUT2D eigenvalue weighted by Gasteiger charge is 2.57. The third kappa shape index (κ3) is 2.40. The lowest BCUT2D eigenvalue weighted by atomic mass is 9.81. The van der Waals surface area contributed by atoms with Crippen molar-refractivity contribution >= 4 is 11.9 Å². The maximum atomic E-state index is 12.4. The van der Waals surface area contributed by atoms with E-state index in [1.54, 1.807) is 17.3 Å². The average Bonchev–Trinajstić information content (AvgIpc) is 3.05. The Labute approximate surface area is 123 Å². The second-order valence-electron chi connectivity index (χ2n) is 5.67. The summed E-state index contributed by atoms with van der Waals surface area (Å²) in [5.74, 6) is -0.231.